The standard InChI is InChI=1S/C48H32N2/c1-2-16-35(17-3-1)50-43-22-9-8-19-39(43)42-30-37(26-27-44(42)50)49(36-25-24-31-12-4-5-13-32(31)29-36)45-23-11-21-41-47(45)40-20-10-15-34-28-33-14-6-7-18-38(33)48(41)46(34)40/h1-10,12-22,24-30H,11,23H2. The third-order valence-corrected chi connectivity index (χ3v) is 10.9. The average Bonchev–Trinajstić information content (AvgIpc) is 3.70. The Morgan fingerprint density at radius 1 is 0.480 bits per heavy atom. The van der Waals surface area contributed by atoms with E-state index in [9.17, 15) is 0 Å². The molecule has 8 aromatic carbocycles. The third-order valence-electron chi connectivity index (χ3n) is 10.9. The molecule has 11 rings (SSSR count). The topological polar surface area (TPSA) is 8.17 Å². The lowest BCUT2D eigenvalue weighted by atomic mass is 9.90. The molecule has 1 aromatic heterocycles. The summed E-state index contributed by atoms with van der Waals surface area (Å²) in [6, 6.07) is 60.4. The third kappa shape index (κ3) is 3.90. The molecule has 0 fully saturated rings. The molecule has 0 saturated carbocycles. The highest BCUT2D eigenvalue weighted by Crippen LogP contribution is 2.54. The lowest BCUT2D eigenvalue weighted by molar-refractivity contribution is 0.929. The summed E-state index contributed by atoms with van der Waals surface area (Å²) in [4.78, 5) is 2.57. The van der Waals surface area contributed by atoms with Crippen LogP contribution in [0, 0.1) is 0 Å². The van der Waals surface area contributed by atoms with Crippen LogP contribution in [0.1, 0.15) is 24.0 Å². The van der Waals surface area contributed by atoms with Crippen molar-refractivity contribution in [1.82, 2.24) is 4.57 Å². The molecule has 50 heavy (non-hydrogen) atoms. The highest BCUT2D eigenvalue weighted by atomic mass is 15.2. The molecule has 234 valence electrons. The van der Waals surface area contributed by atoms with Gasteiger partial charge < -0.3 is 9.47 Å². The van der Waals surface area contributed by atoms with Crippen LogP contribution in [0.15, 0.2) is 176 Å². The van der Waals surface area contributed by atoms with E-state index in [4.69, 9.17) is 0 Å². The van der Waals surface area contributed by atoms with E-state index in [2.05, 4.69) is 179 Å². The van der Waals surface area contributed by atoms with Gasteiger partial charge in [0, 0.05) is 39.1 Å². The molecule has 0 amide bonds. The van der Waals surface area contributed by atoms with Gasteiger partial charge in [-0.15, -0.1) is 0 Å². The van der Waals surface area contributed by atoms with Crippen LogP contribution in [0.25, 0.3) is 71.0 Å². The van der Waals surface area contributed by atoms with Gasteiger partial charge in [0.25, 0.3) is 0 Å². The number of benzene rings is 8. The van der Waals surface area contributed by atoms with Gasteiger partial charge >= 0.3 is 0 Å². The number of anilines is 2. The van der Waals surface area contributed by atoms with Gasteiger partial charge in [-0.2, -0.15) is 0 Å². The Morgan fingerprint density at radius 2 is 1.18 bits per heavy atom. The summed E-state index contributed by atoms with van der Waals surface area (Å²) in [7, 11) is 0. The van der Waals surface area contributed by atoms with E-state index in [1.807, 2.05) is 0 Å². The lowest BCUT2D eigenvalue weighted by Crippen LogP contribution is -2.19. The summed E-state index contributed by atoms with van der Waals surface area (Å²) in [5.74, 6) is 0. The molecular weight excluding hydrogens is 605 g/mol. The van der Waals surface area contributed by atoms with Gasteiger partial charge in [0.15, 0.2) is 0 Å². The molecule has 0 saturated heterocycles. The van der Waals surface area contributed by atoms with Crippen LogP contribution >= 0.6 is 0 Å². The second kappa shape index (κ2) is 10.6. The van der Waals surface area contributed by atoms with Crippen LogP contribution < -0.4 is 4.90 Å². The van der Waals surface area contributed by atoms with Gasteiger partial charge in [-0.3, -0.25) is 0 Å². The number of hydrogen-bond acceptors (Lipinski definition) is 1. The second-order valence-electron chi connectivity index (χ2n) is 13.6. The summed E-state index contributed by atoms with van der Waals surface area (Å²) in [5, 5.41) is 10.3. The van der Waals surface area contributed by atoms with Crippen molar-refractivity contribution in [3.05, 3.63) is 187 Å². The maximum atomic E-state index is 2.57. The number of rotatable bonds is 4. The predicted octanol–water partition coefficient (Wildman–Crippen LogP) is 13.0. The number of para-hydroxylation sites is 2. The molecular formula is C48H32N2. The Balaban J connectivity index is 1.21. The van der Waals surface area contributed by atoms with Crippen molar-refractivity contribution in [2.24, 2.45) is 0 Å². The SMILES string of the molecule is C1=C2C(=C(N(c3ccc4ccccc4c3)c3ccc4c(c3)c3ccccc3n4-c3ccccc3)CC1)c1cccc3cc4ccccc4c2c13. The molecule has 2 aliphatic carbocycles. The highest BCUT2D eigenvalue weighted by Gasteiger charge is 2.33. The molecule has 2 nitrogen and oxygen atoms in total. The van der Waals surface area contributed by atoms with E-state index in [0.29, 0.717) is 0 Å². The van der Waals surface area contributed by atoms with Crippen LogP contribution in [-0.4, -0.2) is 4.57 Å². The van der Waals surface area contributed by atoms with Crippen LogP contribution in [0.2, 0.25) is 0 Å². The minimum atomic E-state index is 0.956. The van der Waals surface area contributed by atoms with Gasteiger partial charge in [0.2, 0.25) is 0 Å². The Bertz CT molecular complexity index is 2920. The van der Waals surface area contributed by atoms with Gasteiger partial charge in [-0.1, -0.05) is 115 Å². The molecule has 1 heterocycles. The average molecular weight is 637 g/mol. The molecule has 2 heteroatoms. The van der Waals surface area contributed by atoms with Crippen molar-refractivity contribution in [2.45, 2.75) is 12.8 Å². The monoisotopic (exact) mass is 636 g/mol. The first kappa shape index (κ1) is 27.6. The maximum Gasteiger partial charge on any atom is 0.0542 e. The van der Waals surface area contributed by atoms with Gasteiger partial charge in [-0.25, -0.2) is 0 Å². The minimum Gasteiger partial charge on any atom is -0.314 e. The first-order valence-electron chi connectivity index (χ1n) is 17.6. The van der Waals surface area contributed by atoms with E-state index in [-0.39, 0.29) is 0 Å². The molecule has 0 bridgehead atoms. The molecule has 0 spiro atoms. The number of nitrogens with zero attached hydrogens (tertiary/aromatic N) is 2. The Labute approximate surface area is 290 Å². The van der Waals surface area contributed by atoms with Crippen molar-refractivity contribution in [2.75, 3.05) is 4.90 Å². The van der Waals surface area contributed by atoms with E-state index in [0.717, 1.165) is 12.8 Å². The quantitative estimate of drug-likeness (QED) is 0.175. The van der Waals surface area contributed by atoms with Crippen LogP contribution in [-0.2, 0) is 0 Å². The van der Waals surface area contributed by atoms with E-state index < -0.39 is 0 Å². The lowest BCUT2D eigenvalue weighted by Gasteiger charge is -2.32. The van der Waals surface area contributed by atoms with Crippen molar-refractivity contribution >= 4 is 76.6 Å². The van der Waals surface area contributed by atoms with Crippen LogP contribution in [0.3, 0.4) is 0 Å². The predicted molar refractivity (Wildman–Crippen MR) is 212 cm³/mol. The maximum absolute atomic E-state index is 2.57. The van der Waals surface area contributed by atoms with Crippen LogP contribution in [0.5, 0.6) is 0 Å². The van der Waals surface area contributed by atoms with Crippen molar-refractivity contribution in [1.29, 1.82) is 0 Å². The zero-order chi connectivity index (χ0) is 32.8. The van der Waals surface area contributed by atoms with Gasteiger partial charge in [0.05, 0.1) is 11.0 Å². The fourth-order valence-corrected chi connectivity index (χ4v) is 8.83. The number of fused-ring (bicyclic) bond motifs is 9. The van der Waals surface area contributed by atoms with E-state index >= 15 is 0 Å². The number of allylic oxidation sites excluding steroid dienone is 4. The first-order valence-corrected chi connectivity index (χ1v) is 17.6. The Morgan fingerprint density at radius 3 is 2.08 bits per heavy atom. The van der Waals surface area contributed by atoms with E-state index in [1.54, 1.807) is 0 Å². The Kier molecular flexibility index (Phi) is 5.82. The molecule has 0 N–H and O–H groups in total. The molecule has 2 aliphatic rings. The first-order chi connectivity index (χ1) is 24.8. The van der Waals surface area contributed by atoms with Crippen molar-refractivity contribution in [3.63, 3.8) is 0 Å². The summed E-state index contributed by atoms with van der Waals surface area (Å²) in [6.07, 6.45) is 4.44. The normalized spacial score (nSPS) is 13.9. The van der Waals surface area contributed by atoms with Gasteiger partial charge in [0.1, 0.15) is 0 Å². The Hall–Kier alpha value is -6.38. The fraction of sp³-hybridized carbons (Fsp3) is 0.0417. The minimum absolute atomic E-state index is 0.956. The van der Waals surface area contributed by atoms with Crippen LogP contribution in [0.4, 0.5) is 11.4 Å². The molecule has 0 unspecified atom stereocenters. The summed E-state index contributed by atoms with van der Waals surface area (Å²) in [5.41, 5.74) is 12.8. The number of aromatic nitrogens is 1. The summed E-state index contributed by atoms with van der Waals surface area (Å²) in [6.45, 7) is 0. The smallest absolute Gasteiger partial charge is 0.0542 e. The second-order valence-corrected chi connectivity index (χ2v) is 13.6. The van der Waals surface area contributed by atoms with Gasteiger partial charge in [-0.05, 0) is 116 Å². The number of hydrogen-bond donors (Lipinski definition) is 0. The van der Waals surface area contributed by atoms with Crippen molar-refractivity contribution < 1.29 is 0 Å². The summed E-state index contributed by atoms with van der Waals surface area (Å²) >= 11 is 0. The van der Waals surface area contributed by atoms with E-state index in [1.165, 1.54) is 99.2 Å². The van der Waals surface area contributed by atoms with Crippen molar-refractivity contribution in [3.8, 4) is 5.69 Å². The molecule has 9 aromatic rings. The zero-order valence-corrected chi connectivity index (χ0v) is 27.5. The largest absolute Gasteiger partial charge is 0.314 e. The molecule has 0 radical (unpaired) electrons. The highest BCUT2D eigenvalue weighted by molar-refractivity contribution is 6.29. The molecule has 0 aliphatic heterocycles. The fourth-order valence-electron chi connectivity index (χ4n) is 8.83. The zero-order valence-electron chi connectivity index (χ0n) is 27.5. The molecule has 0 atom stereocenters. The summed E-state index contributed by atoms with van der Waals surface area (Å²) < 4.78 is 2.40.